The highest BCUT2D eigenvalue weighted by atomic mass is 32.1. The highest BCUT2D eigenvalue weighted by Gasteiger charge is 2.46. The van der Waals surface area contributed by atoms with E-state index in [1.165, 1.54) is 0 Å². The van der Waals surface area contributed by atoms with E-state index in [2.05, 4.69) is 23.1 Å². The van der Waals surface area contributed by atoms with E-state index in [1.54, 1.807) is 0 Å². The number of H-pyrrole nitrogens is 2. The molecule has 29 heavy (non-hydrogen) atoms. The summed E-state index contributed by atoms with van der Waals surface area (Å²) in [5.41, 5.74) is -0.899. The van der Waals surface area contributed by atoms with Gasteiger partial charge in [-0.2, -0.15) is 8.62 Å². The number of phosphoric acid groups is 3. The van der Waals surface area contributed by atoms with Crippen LogP contribution in [0.5, 0.6) is 0 Å². The molecule has 3 unspecified atom stereocenters. The molecule has 2 heterocycles. The number of phosphoric ester groups is 1. The molecular formula is C9H15N2O14P3S. The first-order valence-corrected chi connectivity index (χ1v) is 12.1. The van der Waals surface area contributed by atoms with Crippen molar-refractivity contribution in [2.45, 2.75) is 24.4 Å². The number of nitrogens with one attached hydrogen (secondary N) is 2. The summed E-state index contributed by atoms with van der Waals surface area (Å²) in [6.07, 6.45) is -5.19. The molecule has 0 radical (unpaired) electrons. The molecule has 20 heteroatoms. The van der Waals surface area contributed by atoms with E-state index in [4.69, 9.17) is 31.6 Å². The Kier molecular flexibility index (Phi) is 7.54. The van der Waals surface area contributed by atoms with Gasteiger partial charge < -0.3 is 39.5 Å². The van der Waals surface area contributed by atoms with Crippen LogP contribution in [0.25, 0.3) is 0 Å². The maximum Gasteiger partial charge on any atom is 0.490 e. The molecule has 1 aromatic heterocycles. The predicted octanol–water partition coefficient (Wildman–Crippen LogP) is -1.06. The van der Waals surface area contributed by atoms with Crippen LogP contribution in [0.15, 0.2) is 11.0 Å². The molecule has 1 aromatic rings. The SMILES string of the molecule is O=c1[nH]c(=S)[nH]cc1[C@@H]1O[C@H](COP(=O)(O)OP(=O)(O)OP(=O)(O)O)C(O)[C@@H]1O. The highest BCUT2D eigenvalue weighted by molar-refractivity contribution is 7.71. The summed E-state index contributed by atoms with van der Waals surface area (Å²) in [7, 11) is -16.7. The number of rotatable bonds is 8. The largest absolute Gasteiger partial charge is 0.490 e. The molecule has 8 N–H and O–H groups in total. The smallest absolute Gasteiger partial charge is 0.387 e. The second-order valence-corrected chi connectivity index (χ2v) is 10.3. The summed E-state index contributed by atoms with van der Waals surface area (Å²) in [5, 5.41) is 20.0. The molecule has 0 saturated carbocycles. The van der Waals surface area contributed by atoms with Crippen molar-refractivity contribution in [2.75, 3.05) is 6.61 Å². The van der Waals surface area contributed by atoms with Crippen LogP contribution < -0.4 is 5.56 Å². The van der Waals surface area contributed by atoms with Gasteiger partial charge in [0, 0.05) is 6.20 Å². The van der Waals surface area contributed by atoms with Gasteiger partial charge in [0.15, 0.2) is 4.77 Å². The lowest BCUT2D eigenvalue weighted by Gasteiger charge is -2.19. The third kappa shape index (κ3) is 6.95. The van der Waals surface area contributed by atoms with Gasteiger partial charge in [0.2, 0.25) is 0 Å². The Morgan fingerprint density at radius 3 is 2.24 bits per heavy atom. The monoisotopic (exact) mass is 500 g/mol. The number of ether oxygens (including phenoxy) is 1. The van der Waals surface area contributed by atoms with E-state index in [9.17, 15) is 33.6 Å². The van der Waals surface area contributed by atoms with Crippen LogP contribution in [-0.2, 0) is 31.6 Å². The van der Waals surface area contributed by atoms with E-state index in [-0.39, 0.29) is 10.3 Å². The van der Waals surface area contributed by atoms with Gasteiger partial charge >= 0.3 is 23.5 Å². The molecule has 0 amide bonds. The van der Waals surface area contributed by atoms with E-state index in [1.807, 2.05) is 0 Å². The van der Waals surface area contributed by atoms with Crippen molar-refractivity contribution >= 4 is 35.7 Å². The van der Waals surface area contributed by atoms with Gasteiger partial charge in [0.05, 0.1) is 12.2 Å². The number of aromatic amines is 2. The molecule has 1 fully saturated rings. The molecule has 0 aromatic carbocycles. The molecule has 0 aliphatic carbocycles. The van der Waals surface area contributed by atoms with Gasteiger partial charge in [-0.15, -0.1) is 0 Å². The first kappa shape index (κ1) is 24.7. The van der Waals surface area contributed by atoms with Crippen molar-refractivity contribution in [1.82, 2.24) is 9.97 Å². The highest BCUT2D eigenvalue weighted by Crippen LogP contribution is 2.66. The van der Waals surface area contributed by atoms with Gasteiger partial charge in [-0.05, 0) is 12.2 Å². The first-order chi connectivity index (χ1) is 13.1. The van der Waals surface area contributed by atoms with Gasteiger partial charge in [0.25, 0.3) is 5.56 Å². The Bertz CT molecular complexity index is 1000. The molecular weight excluding hydrogens is 485 g/mol. The zero-order valence-electron chi connectivity index (χ0n) is 13.8. The first-order valence-electron chi connectivity index (χ1n) is 7.22. The number of hydrogen-bond donors (Lipinski definition) is 8. The third-order valence-corrected chi connectivity index (χ3v) is 7.36. The van der Waals surface area contributed by atoms with Crippen LogP contribution >= 0.6 is 35.7 Å². The maximum absolute atomic E-state index is 11.9. The molecule has 1 aliphatic heterocycles. The van der Waals surface area contributed by atoms with Crippen LogP contribution in [0, 0.1) is 4.77 Å². The Hall–Kier alpha value is -0.610. The number of hydrogen-bond acceptors (Lipinski definition) is 11. The molecule has 6 atom stereocenters. The average molecular weight is 500 g/mol. The second-order valence-electron chi connectivity index (χ2n) is 5.49. The lowest BCUT2D eigenvalue weighted by Crippen LogP contribution is -2.33. The van der Waals surface area contributed by atoms with Crippen LogP contribution in [0.2, 0.25) is 0 Å². The van der Waals surface area contributed by atoms with Crippen molar-refractivity contribution in [3.8, 4) is 0 Å². The Morgan fingerprint density at radius 1 is 1.07 bits per heavy atom. The van der Waals surface area contributed by atoms with Crippen molar-refractivity contribution in [3.63, 3.8) is 0 Å². The lowest BCUT2D eigenvalue weighted by molar-refractivity contribution is -0.0227. The third-order valence-electron chi connectivity index (χ3n) is 3.33. The minimum absolute atomic E-state index is 0.0176. The number of aromatic nitrogens is 2. The van der Waals surface area contributed by atoms with E-state index < -0.39 is 60.1 Å². The van der Waals surface area contributed by atoms with Crippen molar-refractivity contribution in [2.24, 2.45) is 0 Å². The minimum atomic E-state index is -5.71. The standard InChI is InChI=1S/C9H15N2O14P3S/c12-5-4(2-22-27(18,19)25-28(20,21)24-26(15,16)17)23-7(6(5)13)3-1-10-9(29)11-8(3)14/h1,4-7,12-13H,2H2,(H,18,19)(H,20,21)(H2,15,16,17)(H2,10,11,14,29)/t4-,5?,6+,7+/m1/s1. The van der Waals surface area contributed by atoms with E-state index in [0.717, 1.165) is 6.20 Å². The van der Waals surface area contributed by atoms with E-state index in [0.29, 0.717) is 0 Å². The molecule has 1 saturated heterocycles. The molecule has 2 rings (SSSR count). The molecule has 0 bridgehead atoms. The van der Waals surface area contributed by atoms with Crippen LogP contribution in [0.1, 0.15) is 11.7 Å². The molecule has 166 valence electrons. The molecule has 1 aliphatic rings. The average Bonchev–Trinajstić information content (AvgIpc) is 2.78. The summed E-state index contributed by atoms with van der Waals surface area (Å²) < 4.78 is 50.1. The molecule has 0 spiro atoms. The summed E-state index contributed by atoms with van der Waals surface area (Å²) in [5.74, 6) is 0. The van der Waals surface area contributed by atoms with Gasteiger partial charge in [0.1, 0.15) is 24.4 Å². The Morgan fingerprint density at radius 2 is 1.69 bits per heavy atom. The van der Waals surface area contributed by atoms with Crippen LogP contribution in [0.3, 0.4) is 0 Å². The minimum Gasteiger partial charge on any atom is -0.387 e. The van der Waals surface area contributed by atoms with Gasteiger partial charge in [-0.1, -0.05) is 0 Å². The van der Waals surface area contributed by atoms with Crippen LogP contribution in [0.4, 0.5) is 0 Å². The van der Waals surface area contributed by atoms with Gasteiger partial charge in [-0.3, -0.25) is 14.3 Å². The zero-order valence-corrected chi connectivity index (χ0v) is 17.3. The lowest BCUT2D eigenvalue weighted by atomic mass is 10.0. The fourth-order valence-electron chi connectivity index (χ4n) is 2.25. The normalized spacial score (nSPS) is 29.3. The van der Waals surface area contributed by atoms with Gasteiger partial charge in [-0.25, -0.2) is 13.7 Å². The predicted molar refractivity (Wildman–Crippen MR) is 91.7 cm³/mol. The van der Waals surface area contributed by atoms with Crippen LogP contribution in [-0.4, -0.2) is 64.7 Å². The Labute approximate surface area is 165 Å². The fraction of sp³-hybridized carbons (Fsp3) is 0.556. The molecule has 16 nitrogen and oxygen atoms in total. The van der Waals surface area contributed by atoms with Crippen molar-refractivity contribution in [1.29, 1.82) is 0 Å². The summed E-state index contributed by atoms with van der Waals surface area (Å²) in [6.45, 7) is -1.00. The number of aliphatic hydroxyl groups is 2. The zero-order chi connectivity index (χ0) is 22.2. The maximum atomic E-state index is 11.9. The summed E-state index contributed by atoms with van der Waals surface area (Å²) >= 11 is 4.71. The fourth-order valence-corrected chi connectivity index (χ4v) is 5.43. The van der Waals surface area contributed by atoms with Crippen molar-refractivity contribution in [3.05, 3.63) is 26.9 Å². The summed E-state index contributed by atoms with van der Waals surface area (Å²) in [4.78, 5) is 51.9. The topological polar surface area (TPSA) is 258 Å². The van der Waals surface area contributed by atoms with Crippen molar-refractivity contribution < 1.29 is 61.4 Å². The Balaban J connectivity index is 2.06. The second kappa shape index (κ2) is 8.86. The summed E-state index contributed by atoms with van der Waals surface area (Å²) in [6, 6.07) is 0. The number of aliphatic hydroxyl groups excluding tert-OH is 2. The van der Waals surface area contributed by atoms with E-state index >= 15 is 0 Å². The quantitative estimate of drug-likeness (QED) is 0.156.